The molecule has 2 heterocycles. The van der Waals surface area contributed by atoms with E-state index in [0.717, 1.165) is 47.7 Å². The normalized spacial score (nSPS) is 13.8. The predicted molar refractivity (Wildman–Crippen MR) is 108 cm³/mol. The van der Waals surface area contributed by atoms with E-state index in [-0.39, 0.29) is 0 Å². The van der Waals surface area contributed by atoms with Crippen molar-refractivity contribution in [1.29, 1.82) is 0 Å². The Hall–Kier alpha value is -3.04. The van der Waals surface area contributed by atoms with E-state index < -0.39 is 0 Å². The van der Waals surface area contributed by atoms with Crippen LogP contribution in [0, 0.1) is 0 Å². The SMILES string of the molecule is COc1cc(CN2Cc3ccccc3C2)cc2cc(-c3ccccc3)oc12. The fourth-order valence-electron chi connectivity index (χ4n) is 3.94. The Kier molecular flexibility index (Phi) is 3.95. The lowest BCUT2D eigenvalue weighted by molar-refractivity contribution is 0.275. The molecule has 0 aliphatic carbocycles. The maximum absolute atomic E-state index is 6.11. The van der Waals surface area contributed by atoms with Crippen molar-refractivity contribution in [3.63, 3.8) is 0 Å². The van der Waals surface area contributed by atoms with E-state index in [1.165, 1.54) is 16.7 Å². The average molecular weight is 355 g/mol. The van der Waals surface area contributed by atoms with E-state index in [1.54, 1.807) is 7.11 Å². The lowest BCUT2D eigenvalue weighted by Crippen LogP contribution is -2.15. The van der Waals surface area contributed by atoms with Crippen molar-refractivity contribution < 1.29 is 9.15 Å². The molecule has 3 heteroatoms. The van der Waals surface area contributed by atoms with Gasteiger partial charge in [0, 0.05) is 30.6 Å². The second-order valence-corrected chi connectivity index (χ2v) is 7.11. The average Bonchev–Trinajstić information content (AvgIpc) is 3.31. The van der Waals surface area contributed by atoms with Crippen LogP contribution in [-0.4, -0.2) is 12.0 Å². The Balaban J connectivity index is 1.47. The van der Waals surface area contributed by atoms with Crippen LogP contribution in [0.1, 0.15) is 16.7 Å². The van der Waals surface area contributed by atoms with Gasteiger partial charge in [0.05, 0.1) is 7.11 Å². The van der Waals surface area contributed by atoms with E-state index in [2.05, 4.69) is 59.5 Å². The minimum absolute atomic E-state index is 0.793. The van der Waals surface area contributed by atoms with Gasteiger partial charge in [-0.05, 0) is 34.9 Å². The zero-order valence-corrected chi connectivity index (χ0v) is 15.3. The molecule has 0 unspecified atom stereocenters. The highest BCUT2D eigenvalue weighted by Crippen LogP contribution is 2.35. The van der Waals surface area contributed by atoms with Gasteiger partial charge in [0.2, 0.25) is 0 Å². The van der Waals surface area contributed by atoms with Gasteiger partial charge in [-0.3, -0.25) is 4.90 Å². The summed E-state index contributed by atoms with van der Waals surface area (Å²) in [5.41, 5.74) is 5.99. The van der Waals surface area contributed by atoms with Crippen molar-refractivity contribution in [2.75, 3.05) is 7.11 Å². The van der Waals surface area contributed by atoms with Gasteiger partial charge < -0.3 is 9.15 Å². The van der Waals surface area contributed by atoms with Crippen molar-refractivity contribution >= 4 is 11.0 Å². The number of nitrogens with zero attached hydrogens (tertiary/aromatic N) is 1. The lowest BCUT2D eigenvalue weighted by atomic mass is 10.1. The second-order valence-electron chi connectivity index (χ2n) is 7.11. The molecular weight excluding hydrogens is 334 g/mol. The van der Waals surface area contributed by atoms with E-state index in [0.29, 0.717) is 0 Å². The summed E-state index contributed by atoms with van der Waals surface area (Å²) in [6.07, 6.45) is 0. The van der Waals surface area contributed by atoms with Crippen LogP contribution in [0.25, 0.3) is 22.3 Å². The molecule has 0 amide bonds. The van der Waals surface area contributed by atoms with Gasteiger partial charge in [-0.25, -0.2) is 0 Å². The van der Waals surface area contributed by atoms with E-state index in [9.17, 15) is 0 Å². The third-order valence-corrected chi connectivity index (χ3v) is 5.23. The summed E-state index contributed by atoms with van der Waals surface area (Å²) in [6, 6.07) is 25.3. The highest BCUT2D eigenvalue weighted by molar-refractivity contribution is 5.88. The van der Waals surface area contributed by atoms with Crippen molar-refractivity contribution in [2.45, 2.75) is 19.6 Å². The van der Waals surface area contributed by atoms with Crippen molar-refractivity contribution in [2.24, 2.45) is 0 Å². The number of fused-ring (bicyclic) bond motifs is 2. The Morgan fingerprint density at radius 2 is 1.59 bits per heavy atom. The van der Waals surface area contributed by atoms with Crippen LogP contribution in [0.5, 0.6) is 5.75 Å². The molecule has 27 heavy (non-hydrogen) atoms. The first kappa shape index (κ1) is 16.2. The highest BCUT2D eigenvalue weighted by atomic mass is 16.5. The maximum Gasteiger partial charge on any atom is 0.176 e. The monoisotopic (exact) mass is 355 g/mol. The second kappa shape index (κ2) is 6.60. The standard InChI is InChI=1S/C24H21NO2/c1-26-23-12-17(14-25-15-19-9-5-6-10-20(19)16-25)11-21-13-22(27-24(21)23)18-7-3-2-4-8-18/h2-13H,14-16H2,1H3. The Labute approximate surface area is 158 Å². The molecule has 3 nitrogen and oxygen atoms in total. The molecule has 134 valence electrons. The molecule has 0 spiro atoms. The predicted octanol–water partition coefficient (Wildman–Crippen LogP) is 5.62. The van der Waals surface area contributed by atoms with Gasteiger partial charge in [-0.2, -0.15) is 0 Å². The molecule has 0 saturated heterocycles. The number of hydrogen-bond donors (Lipinski definition) is 0. The quantitative estimate of drug-likeness (QED) is 0.475. The van der Waals surface area contributed by atoms with Gasteiger partial charge in [-0.1, -0.05) is 54.6 Å². The summed E-state index contributed by atoms with van der Waals surface area (Å²) < 4.78 is 11.7. The molecule has 0 atom stereocenters. The zero-order chi connectivity index (χ0) is 18.2. The third kappa shape index (κ3) is 3.00. The van der Waals surface area contributed by atoms with Gasteiger partial charge >= 0.3 is 0 Å². The molecule has 1 aromatic heterocycles. The smallest absolute Gasteiger partial charge is 0.176 e. The molecule has 0 radical (unpaired) electrons. The molecule has 4 aromatic rings. The lowest BCUT2D eigenvalue weighted by Gasteiger charge is -2.15. The first-order valence-corrected chi connectivity index (χ1v) is 9.25. The number of methoxy groups -OCH3 is 1. The van der Waals surface area contributed by atoms with Crippen LogP contribution in [0.2, 0.25) is 0 Å². The summed E-state index contributed by atoms with van der Waals surface area (Å²) in [7, 11) is 1.70. The Morgan fingerprint density at radius 1 is 0.889 bits per heavy atom. The fraction of sp³-hybridized carbons (Fsp3) is 0.167. The van der Waals surface area contributed by atoms with Crippen LogP contribution in [0.15, 0.2) is 77.2 Å². The molecule has 5 rings (SSSR count). The first-order valence-electron chi connectivity index (χ1n) is 9.25. The minimum Gasteiger partial charge on any atom is -0.493 e. The highest BCUT2D eigenvalue weighted by Gasteiger charge is 2.19. The molecule has 3 aromatic carbocycles. The van der Waals surface area contributed by atoms with Crippen molar-refractivity contribution in [3.05, 3.63) is 89.5 Å². The van der Waals surface area contributed by atoms with Crippen LogP contribution >= 0.6 is 0 Å². The fourth-order valence-corrected chi connectivity index (χ4v) is 3.94. The third-order valence-electron chi connectivity index (χ3n) is 5.23. The van der Waals surface area contributed by atoms with Crippen molar-refractivity contribution in [1.82, 2.24) is 4.90 Å². The minimum atomic E-state index is 0.793. The van der Waals surface area contributed by atoms with Crippen molar-refractivity contribution in [3.8, 4) is 17.1 Å². The number of hydrogen-bond acceptors (Lipinski definition) is 3. The molecule has 0 N–H and O–H groups in total. The zero-order valence-electron chi connectivity index (χ0n) is 15.3. The van der Waals surface area contributed by atoms with E-state index in [1.807, 2.05) is 18.2 Å². The number of furan rings is 1. The molecule has 1 aliphatic heterocycles. The van der Waals surface area contributed by atoms with Crippen LogP contribution in [0.4, 0.5) is 0 Å². The molecule has 0 bridgehead atoms. The van der Waals surface area contributed by atoms with Gasteiger partial charge in [0.15, 0.2) is 11.3 Å². The summed E-state index contributed by atoms with van der Waals surface area (Å²) in [5, 5.41) is 1.08. The summed E-state index contributed by atoms with van der Waals surface area (Å²) in [4.78, 5) is 2.46. The molecular formula is C24H21NO2. The van der Waals surface area contributed by atoms with Gasteiger partial charge in [0.25, 0.3) is 0 Å². The molecule has 0 fully saturated rings. The Morgan fingerprint density at radius 3 is 2.30 bits per heavy atom. The van der Waals surface area contributed by atoms with Crippen LogP contribution < -0.4 is 4.74 Å². The van der Waals surface area contributed by atoms with E-state index >= 15 is 0 Å². The molecule has 0 saturated carbocycles. The maximum atomic E-state index is 6.11. The summed E-state index contributed by atoms with van der Waals surface area (Å²) in [6.45, 7) is 2.89. The van der Waals surface area contributed by atoms with Crippen LogP contribution in [0.3, 0.4) is 0 Å². The summed E-state index contributed by atoms with van der Waals surface area (Å²) in [5.74, 6) is 1.66. The number of rotatable bonds is 4. The largest absolute Gasteiger partial charge is 0.493 e. The summed E-state index contributed by atoms with van der Waals surface area (Å²) >= 11 is 0. The van der Waals surface area contributed by atoms with Crippen LogP contribution in [-0.2, 0) is 19.6 Å². The van der Waals surface area contributed by atoms with E-state index in [4.69, 9.17) is 9.15 Å². The van der Waals surface area contributed by atoms with Gasteiger partial charge in [-0.15, -0.1) is 0 Å². The number of ether oxygens (including phenoxy) is 1. The molecule has 1 aliphatic rings. The first-order chi connectivity index (χ1) is 13.3. The topological polar surface area (TPSA) is 25.6 Å². The Bertz CT molecular complexity index is 1070. The van der Waals surface area contributed by atoms with Gasteiger partial charge in [0.1, 0.15) is 5.76 Å². The number of benzene rings is 3.